The minimum atomic E-state index is -0.622. The fraction of sp³-hybridized carbons (Fsp3) is 0.353. The lowest BCUT2D eigenvalue weighted by Crippen LogP contribution is -2.45. The summed E-state index contributed by atoms with van der Waals surface area (Å²) in [6.07, 6.45) is 1.18. The van der Waals surface area contributed by atoms with Crippen molar-refractivity contribution in [3.8, 4) is 0 Å². The Morgan fingerprint density at radius 2 is 2.04 bits per heavy atom. The van der Waals surface area contributed by atoms with Crippen molar-refractivity contribution in [3.63, 3.8) is 0 Å². The largest absolute Gasteiger partial charge is 0.464 e. The van der Waals surface area contributed by atoms with Crippen LogP contribution in [0.5, 0.6) is 0 Å². The normalized spacial score (nSPS) is 11.2. The molecule has 128 valence electrons. The summed E-state index contributed by atoms with van der Waals surface area (Å²) in [6.45, 7) is 5.56. The number of aromatic nitrogens is 1. The minimum absolute atomic E-state index is 0.0274. The van der Waals surface area contributed by atoms with Gasteiger partial charge in [0.2, 0.25) is 5.89 Å². The highest BCUT2D eigenvalue weighted by Crippen LogP contribution is 2.21. The van der Waals surface area contributed by atoms with Crippen molar-refractivity contribution in [2.24, 2.45) is 0 Å². The zero-order valence-corrected chi connectivity index (χ0v) is 14.0. The molecule has 6 nitrogen and oxygen atoms in total. The van der Waals surface area contributed by atoms with E-state index in [1.54, 1.807) is 6.07 Å². The number of benzene rings is 1. The zero-order valence-electron chi connectivity index (χ0n) is 14.0. The van der Waals surface area contributed by atoms with Crippen molar-refractivity contribution in [3.05, 3.63) is 53.5 Å². The van der Waals surface area contributed by atoms with Crippen LogP contribution >= 0.6 is 0 Å². The summed E-state index contributed by atoms with van der Waals surface area (Å²) >= 11 is 0. The molecule has 7 heteroatoms. The molecule has 0 radical (unpaired) electrons. The highest BCUT2D eigenvalue weighted by Gasteiger charge is 2.29. The van der Waals surface area contributed by atoms with E-state index >= 15 is 0 Å². The van der Waals surface area contributed by atoms with E-state index in [4.69, 9.17) is 4.42 Å². The second kappa shape index (κ2) is 6.82. The first-order valence-corrected chi connectivity index (χ1v) is 7.32. The smallest absolute Gasteiger partial charge is 0.360 e. The molecule has 2 rings (SSSR count). The van der Waals surface area contributed by atoms with Crippen LogP contribution < -0.4 is 0 Å². The summed E-state index contributed by atoms with van der Waals surface area (Å²) < 4.78 is 23.2. The number of esters is 1. The molecule has 0 fully saturated rings. The Bertz CT molecular complexity index is 749. The topological polar surface area (TPSA) is 72.6 Å². The Kier molecular flexibility index (Phi) is 5.02. The molecule has 24 heavy (non-hydrogen) atoms. The molecule has 1 amide bonds. The molecule has 0 bridgehead atoms. The van der Waals surface area contributed by atoms with Gasteiger partial charge >= 0.3 is 5.97 Å². The van der Waals surface area contributed by atoms with Crippen LogP contribution in [0.2, 0.25) is 0 Å². The molecule has 1 heterocycles. The number of rotatable bonds is 4. The molecule has 0 N–H and O–H groups in total. The monoisotopic (exact) mass is 334 g/mol. The van der Waals surface area contributed by atoms with E-state index < -0.39 is 17.3 Å². The Hall–Kier alpha value is -2.70. The van der Waals surface area contributed by atoms with E-state index in [0.717, 1.165) is 0 Å². The molecule has 1 aromatic heterocycles. The van der Waals surface area contributed by atoms with Gasteiger partial charge in [-0.15, -0.1) is 0 Å². The fourth-order valence-corrected chi connectivity index (χ4v) is 2.11. The predicted octanol–water partition coefficient (Wildman–Crippen LogP) is 3.04. The summed E-state index contributed by atoms with van der Waals surface area (Å²) in [4.78, 5) is 29.7. The lowest BCUT2D eigenvalue weighted by molar-refractivity contribution is 0.0532. The molecular weight excluding hydrogens is 315 g/mol. The quantitative estimate of drug-likeness (QED) is 0.804. The summed E-state index contributed by atoms with van der Waals surface area (Å²) in [5.41, 5.74) is -0.312. The lowest BCUT2D eigenvalue weighted by atomic mass is 10.0. The van der Waals surface area contributed by atoms with Gasteiger partial charge in [-0.25, -0.2) is 14.2 Å². The van der Waals surface area contributed by atoms with Crippen LogP contribution in [-0.2, 0) is 11.3 Å². The Balaban J connectivity index is 2.28. The molecular formula is C17H19FN2O4. The van der Waals surface area contributed by atoms with Crippen molar-refractivity contribution in [1.82, 2.24) is 9.88 Å². The molecule has 0 aliphatic heterocycles. The van der Waals surface area contributed by atoms with Gasteiger partial charge in [0.15, 0.2) is 5.69 Å². The number of nitrogens with zero attached hydrogens (tertiary/aromatic N) is 2. The summed E-state index contributed by atoms with van der Waals surface area (Å²) in [7, 11) is 1.24. The second-order valence-electron chi connectivity index (χ2n) is 6.19. The van der Waals surface area contributed by atoms with Gasteiger partial charge in [-0.2, -0.15) is 0 Å². The highest BCUT2D eigenvalue weighted by atomic mass is 19.1. The maximum absolute atomic E-state index is 13.4. The molecule has 0 saturated carbocycles. The van der Waals surface area contributed by atoms with Crippen LogP contribution in [0.4, 0.5) is 4.39 Å². The number of carbonyl (C=O) groups excluding carboxylic acids is 2. The molecule has 0 aliphatic carbocycles. The van der Waals surface area contributed by atoms with Gasteiger partial charge in [0.05, 0.1) is 13.7 Å². The summed E-state index contributed by atoms with van der Waals surface area (Å²) in [5, 5.41) is 0. The van der Waals surface area contributed by atoms with E-state index in [-0.39, 0.29) is 29.6 Å². The van der Waals surface area contributed by atoms with Crippen LogP contribution in [-0.4, -0.2) is 34.4 Å². The summed E-state index contributed by atoms with van der Waals surface area (Å²) in [5.74, 6) is -1.28. The molecule has 0 atom stereocenters. The first-order chi connectivity index (χ1) is 11.2. The first kappa shape index (κ1) is 17.7. The van der Waals surface area contributed by atoms with Crippen LogP contribution in [0.15, 0.2) is 34.9 Å². The Labute approximate surface area is 139 Å². The maximum Gasteiger partial charge on any atom is 0.360 e. The molecule has 2 aromatic rings. The van der Waals surface area contributed by atoms with Crippen LogP contribution in [0, 0.1) is 5.82 Å². The molecule has 1 aromatic carbocycles. The van der Waals surface area contributed by atoms with Gasteiger partial charge in [-0.05, 0) is 39.0 Å². The second-order valence-corrected chi connectivity index (χ2v) is 6.19. The number of hydrogen-bond donors (Lipinski definition) is 0. The number of hydrogen-bond acceptors (Lipinski definition) is 5. The molecule has 0 spiro atoms. The third-order valence-electron chi connectivity index (χ3n) is 3.37. The average Bonchev–Trinajstić information content (AvgIpc) is 2.99. The van der Waals surface area contributed by atoms with Crippen molar-refractivity contribution in [1.29, 1.82) is 0 Å². The van der Waals surface area contributed by atoms with Gasteiger partial charge in [0.1, 0.15) is 12.1 Å². The highest BCUT2D eigenvalue weighted by molar-refractivity contribution is 5.94. The lowest BCUT2D eigenvalue weighted by Gasteiger charge is -2.34. The third-order valence-corrected chi connectivity index (χ3v) is 3.37. The van der Waals surface area contributed by atoms with Crippen LogP contribution in [0.25, 0.3) is 0 Å². The number of ether oxygens (including phenoxy) is 1. The molecule has 0 unspecified atom stereocenters. The number of oxazole rings is 1. The van der Waals surface area contributed by atoms with E-state index in [9.17, 15) is 14.0 Å². The fourth-order valence-electron chi connectivity index (χ4n) is 2.11. The van der Waals surface area contributed by atoms with Gasteiger partial charge in [-0.1, -0.05) is 6.07 Å². The predicted molar refractivity (Wildman–Crippen MR) is 83.9 cm³/mol. The SMILES string of the molecule is COC(=O)c1coc(CN(C(=O)c2cccc(F)c2)C(C)(C)C)n1. The van der Waals surface area contributed by atoms with Gasteiger partial charge in [-0.3, -0.25) is 4.79 Å². The standard InChI is InChI=1S/C17H19FN2O4/c1-17(2,3)20(15(21)11-6-5-7-12(18)8-11)9-14-19-13(10-24-14)16(22)23-4/h5-8,10H,9H2,1-4H3. The van der Waals surface area contributed by atoms with Crippen molar-refractivity contribution in [2.75, 3.05) is 7.11 Å². The zero-order chi connectivity index (χ0) is 17.9. The van der Waals surface area contributed by atoms with Crippen molar-refractivity contribution < 1.29 is 23.1 Å². The average molecular weight is 334 g/mol. The molecule has 0 saturated heterocycles. The first-order valence-electron chi connectivity index (χ1n) is 7.32. The molecule has 0 aliphatic rings. The third kappa shape index (κ3) is 3.98. The van der Waals surface area contributed by atoms with E-state index in [0.29, 0.717) is 0 Å². The Morgan fingerprint density at radius 3 is 2.62 bits per heavy atom. The number of methoxy groups -OCH3 is 1. The van der Waals surface area contributed by atoms with Crippen molar-refractivity contribution >= 4 is 11.9 Å². The minimum Gasteiger partial charge on any atom is -0.464 e. The van der Waals surface area contributed by atoms with E-state index in [1.807, 2.05) is 20.8 Å². The number of carbonyl (C=O) groups is 2. The summed E-state index contributed by atoms with van der Waals surface area (Å²) in [6, 6.07) is 5.47. The van der Waals surface area contributed by atoms with E-state index in [1.165, 1.54) is 36.5 Å². The van der Waals surface area contributed by atoms with Gasteiger partial charge in [0.25, 0.3) is 5.91 Å². The van der Waals surface area contributed by atoms with Crippen LogP contribution in [0.3, 0.4) is 0 Å². The van der Waals surface area contributed by atoms with E-state index in [2.05, 4.69) is 9.72 Å². The van der Waals surface area contributed by atoms with Gasteiger partial charge < -0.3 is 14.1 Å². The number of halogens is 1. The van der Waals surface area contributed by atoms with Crippen LogP contribution in [0.1, 0.15) is 47.5 Å². The maximum atomic E-state index is 13.4. The Morgan fingerprint density at radius 1 is 1.33 bits per heavy atom. The number of amides is 1. The van der Waals surface area contributed by atoms with Gasteiger partial charge in [0, 0.05) is 11.1 Å². The van der Waals surface area contributed by atoms with Crippen molar-refractivity contribution in [2.45, 2.75) is 32.9 Å².